The van der Waals surface area contributed by atoms with Gasteiger partial charge in [0.15, 0.2) is 6.04 Å². The van der Waals surface area contributed by atoms with Crippen molar-refractivity contribution in [2.24, 2.45) is 11.8 Å². The van der Waals surface area contributed by atoms with Crippen molar-refractivity contribution in [3.8, 4) is 0 Å². The fourth-order valence-corrected chi connectivity index (χ4v) is 3.34. The van der Waals surface area contributed by atoms with Crippen molar-refractivity contribution < 1.29 is 19.4 Å². The molecule has 6 nitrogen and oxygen atoms in total. The molecule has 0 spiro atoms. The minimum Gasteiger partial charge on any atom is -0.334 e. The second kappa shape index (κ2) is 7.70. The number of benzene rings is 1. The number of anilines is 1. The monoisotopic (exact) mass is 338 g/mol. The summed E-state index contributed by atoms with van der Waals surface area (Å²) in [4.78, 5) is 22.3. The maximum atomic E-state index is 13.3. The molecule has 0 bridgehead atoms. The Kier molecular flexibility index (Phi) is 5.88. The second-order valence-corrected chi connectivity index (χ2v) is 6.82. The fourth-order valence-electron chi connectivity index (χ4n) is 3.34. The molecule has 0 radical (unpaired) electrons. The van der Waals surface area contributed by atoms with E-state index in [1.807, 2.05) is 6.92 Å². The van der Waals surface area contributed by atoms with Crippen molar-refractivity contribution in [3.63, 3.8) is 0 Å². The number of hydrogen-bond donors (Lipinski definition) is 2. The number of nitro benzene ring substituents is 1. The highest BCUT2D eigenvalue weighted by atomic mass is 19.1. The Morgan fingerprint density at radius 2 is 2.12 bits per heavy atom. The summed E-state index contributed by atoms with van der Waals surface area (Å²) in [6.07, 6.45) is 3.49. The maximum Gasteiger partial charge on any atom is 0.306 e. The van der Waals surface area contributed by atoms with Crippen LogP contribution in [0.4, 0.5) is 15.8 Å². The molecule has 7 heteroatoms. The van der Waals surface area contributed by atoms with Crippen molar-refractivity contribution in [2.75, 3.05) is 5.32 Å². The summed E-state index contributed by atoms with van der Waals surface area (Å²) in [6, 6.07) is 3.46. The number of nitrogens with two attached hydrogens (primary N) is 1. The molecule has 0 aromatic heterocycles. The highest BCUT2D eigenvalue weighted by molar-refractivity contribution is 5.93. The molecule has 1 aliphatic carbocycles. The van der Waals surface area contributed by atoms with E-state index in [1.165, 1.54) is 18.9 Å². The quantitative estimate of drug-likeness (QED) is 0.638. The summed E-state index contributed by atoms with van der Waals surface area (Å²) in [5.74, 6) is 0.0416. The molecule has 1 aromatic rings. The van der Waals surface area contributed by atoms with Crippen LogP contribution in [0.25, 0.3) is 0 Å². The number of carbonyl (C=O) groups is 1. The molecular weight excluding hydrogens is 313 g/mol. The number of carbonyl (C=O) groups excluding carboxylic acids is 1. The zero-order valence-corrected chi connectivity index (χ0v) is 14.3. The Bertz CT molecular complexity index is 623. The first-order chi connectivity index (χ1) is 11.3. The third kappa shape index (κ3) is 4.29. The van der Waals surface area contributed by atoms with Crippen molar-refractivity contribution in [1.82, 2.24) is 0 Å². The minimum atomic E-state index is -0.914. The van der Waals surface area contributed by atoms with E-state index in [1.54, 1.807) is 0 Å². The van der Waals surface area contributed by atoms with E-state index in [4.69, 9.17) is 0 Å². The minimum absolute atomic E-state index is 0.235. The first kappa shape index (κ1) is 18.3. The molecule has 1 fully saturated rings. The summed E-state index contributed by atoms with van der Waals surface area (Å²) in [5.41, 5.74) is -0.405. The van der Waals surface area contributed by atoms with Gasteiger partial charge < -0.3 is 10.6 Å². The van der Waals surface area contributed by atoms with Gasteiger partial charge in [-0.05, 0) is 44.2 Å². The third-order valence-corrected chi connectivity index (χ3v) is 5.13. The zero-order valence-electron chi connectivity index (χ0n) is 14.3. The normalized spacial score (nSPS) is 25.1. The number of halogens is 1. The molecule has 1 aromatic carbocycles. The molecule has 24 heavy (non-hydrogen) atoms. The van der Waals surface area contributed by atoms with E-state index >= 15 is 0 Å². The van der Waals surface area contributed by atoms with Crippen LogP contribution in [-0.2, 0) is 4.79 Å². The lowest BCUT2D eigenvalue weighted by Gasteiger charge is -2.33. The van der Waals surface area contributed by atoms with Crippen LogP contribution < -0.4 is 10.6 Å². The number of nitrogens with zero attached hydrogens (tertiary/aromatic N) is 1. The molecule has 1 aliphatic rings. The molecule has 0 unspecified atom stereocenters. The van der Waals surface area contributed by atoms with Gasteiger partial charge in [0.25, 0.3) is 5.91 Å². The zero-order chi connectivity index (χ0) is 17.9. The maximum absolute atomic E-state index is 13.3. The van der Waals surface area contributed by atoms with Crippen LogP contribution in [0.1, 0.15) is 40.0 Å². The summed E-state index contributed by atoms with van der Waals surface area (Å²) >= 11 is 0. The summed E-state index contributed by atoms with van der Waals surface area (Å²) in [6.45, 7) is 6.28. The van der Waals surface area contributed by atoms with Gasteiger partial charge in [0, 0.05) is 17.7 Å². The van der Waals surface area contributed by atoms with E-state index in [0.717, 1.165) is 18.6 Å². The van der Waals surface area contributed by atoms with Gasteiger partial charge in [-0.3, -0.25) is 14.9 Å². The van der Waals surface area contributed by atoms with Crippen molar-refractivity contribution in [1.29, 1.82) is 0 Å². The first-order valence-corrected chi connectivity index (χ1v) is 8.39. The van der Waals surface area contributed by atoms with Crippen molar-refractivity contribution in [2.45, 2.75) is 52.1 Å². The predicted molar refractivity (Wildman–Crippen MR) is 89.0 cm³/mol. The van der Waals surface area contributed by atoms with Crippen LogP contribution in [0.2, 0.25) is 0 Å². The number of rotatable bonds is 5. The lowest BCUT2D eigenvalue weighted by atomic mass is 9.78. The average molecular weight is 338 g/mol. The lowest BCUT2D eigenvalue weighted by Crippen LogP contribution is -2.97. The largest absolute Gasteiger partial charge is 0.334 e. The molecule has 2 rings (SSSR count). The Labute approximate surface area is 141 Å². The number of nitrogens with one attached hydrogen (secondary N) is 1. The van der Waals surface area contributed by atoms with Gasteiger partial charge in [-0.1, -0.05) is 13.8 Å². The van der Waals surface area contributed by atoms with Crippen molar-refractivity contribution in [3.05, 3.63) is 34.1 Å². The van der Waals surface area contributed by atoms with E-state index in [0.29, 0.717) is 17.9 Å². The highest BCUT2D eigenvalue weighted by Crippen LogP contribution is 2.27. The average Bonchev–Trinajstić information content (AvgIpc) is 2.53. The summed E-state index contributed by atoms with van der Waals surface area (Å²) in [7, 11) is 0. The van der Waals surface area contributed by atoms with Gasteiger partial charge in [-0.15, -0.1) is 0 Å². The predicted octanol–water partition coefficient (Wildman–Crippen LogP) is 2.45. The molecule has 0 aliphatic heterocycles. The number of amides is 1. The van der Waals surface area contributed by atoms with Gasteiger partial charge in [0.05, 0.1) is 11.0 Å². The highest BCUT2D eigenvalue weighted by Gasteiger charge is 2.32. The molecule has 1 saturated carbocycles. The number of quaternary nitrogens is 1. The van der Waals surface area contributed by atoms with Gasteiger partial charge in [-0.25, -0.2) is 0 Å². The molecule has 4 atom stereocenters. The van der Waals surface area contributed by atoms with Gasteiger partial charge in [-0.2, -0.15) is 4.39 Å². The molecule has 132 valence electrons. The molecule has 1 amide bonds. The topological polar surface area (TPSA) is 88.8 Å². The van der Waals surface area contributed by atoms with E-state index < -0.39 is 16.4 Å². The second-order valence-electron chi connectivity index (χ2n) is 6.82. The van der Waals surface area contributed by atoms with Crippen LogP contribution in [0.3, 0.4) is 0 Å². The van der Waals surface area contributed by atoms with Crippen LogP contribution in [0.5, 0.6) is 0 Å². The Morgan fingerprint density at radius 1 is 1.42 bits per heavy atom. The van der Waals surface area contributed by atoms with E-state index in [2.05, 4.69) is 24.5 Å². The fraction of sp³-hybridized carbons (Fsp3) is 0.588. The third-order valence-electron chi connectivity index (χ3n) is 5.13. The SMILES string of the molecule is C[C@@H]1[C@H](C)CCC[C@H]1[NH2+][C@@H](C)C(=O)Nc1ccc(F)c([N+](=O)[O-])c1. The summed E-state index contributed by atoms with van der Waals surface area (Å²) < 4.78 is 13.3. The Hall–Kier alpha value is -2.02. The lowest BCUT2D eigenvalue weighted by molar-refractivity contribution is -0.715. The van der Waals surface area contributed by atoms with Crippen LogP contribution in [0.15, 0.2) is 18.2 Å². The number of nitro groups is 1. The van der Waals surface area contributed by atoms with Crippen molar-refractivity contribution >= 4 is 17.3 Å². The smallest absolute Gasteiger partial charge is 0.306 e. The van der Waals surface area contributed by atoms with Crippen LogP contribution in [-0.4, -0.2) is 22.9 Å². The van der Waals surface area contributed by atoms with Crippen LogP contribution >= 0.6 is 0 Å². The standard InChI is InChI=1S/C17H24FN3O3/c1-10-5-4-6-15(11(10)2)19-12(3)17(22)20-13-7-8-14(18)16(9-13)21(23)24/h7-12,15,19H,4-6H2,1-3H3,(H,20,22)/p+1/t10-,11-,12+,15-/m1/s1. The molecule has 3 N–H and O–H groups in total. The van der Waals surface area contributed by atoms with Gasteiger partial charge >= 0.3 is 5.69 Å². The van der Waals surface area contributed by atoms with Gasteiger partial charge in [0.1, 0.15) is 0 Å². The molecule has 0 heterocycles. The first-order valence-electron chi connectivity index (χ1n) is 8.39. The van der Waals surface area contributed by atoms with Gasteiger partial charge in [0.2, 0.25) is 5.82 Å². The Balaban J connectivity index is 1.99. The molecular formula is C17H25FN3O3+. The summed E-state index contributed by atoms with van der Waals surface area (Å²) in [5, 5.41) is 15.5. The molecule has 0 saturated heterocycles. The van der Waals surface area contributed by atoms with E-state index in [9.17, 15) is 19.3 Å². The Morgan fingerprint density at radius 3 is 2.79 bits per heavy atom. The number of hydrogen-bond acceptors (Lipinski definition) is 3. The van der Waals surface area contributed by atoms with Crippen LogP contribution in [0, 0.1) is 27.8 Å². The van der Waals surface area contributed by atoms with E-state index in [-0.39, 0.29) is 17.6 Å².